The number of nitrogens with one attached hydrogen (secondary N) is 1. The minimum atomic E-state index is 0.680. The largest absolute Gasteiger partial charge is 0.278 e. The summed E-state index contributed by atoms with van der Waals surface area (Å²) in [6.45, 7) is 4.04. The van der Waals surface area contributed by atoms with Crippen LogP contribution in [0.2, 0.25) is 5.02 Å². The maximum Gasteiger partial charge on any atom is 0.0755 e. The Labute approximate surface area is 134 Å². The van der Waals surface area contributed by atoms with Gasteiger partial charge in [0.25, 0.3) is 0 Å². The molecule has 1 aromatic heterocycles. The number of hydrogen-bond donors (Lipinski definition) is 1. The number of para-hydroxylation sites is 1. The third-order valence-electron chi connectivity index (χ3n) is 3.46. The molecule has 0 amide bonds. The highest BCUT2D eigenvalue weighted by molar-refractivity contribution is 6.33. The van der Waals surface area contributed by atoms with Crippen molar-refractivity contribution in [3.63, 3.8) is 0 Å². The van der Waals surface area contributed by atoms with Crippen LogP contribution in [-0.4, -0.2) is 11.2 Å². The fraction of sp³-hybridized carbons (Fsp3) is 0.111. The molecule has 0 aliphatic heterocycles. The quantitative estimate of drug-likeness (QED) is 0.549. The molecule has 3 nitrogen and oxygen atoms in total. The Hall–Kier alpha value is -2.39. The first-order valence-electron chi connectivity index (χ1n) is 7.06. The third kappa shape index (κ3) is 2.95. The minimum absolute atomic E-state index is 0.680. The molecule has 2 aromatic carbocycles. The van der Waals surface area contributed by atoms with E-state index in [1.807, 2.05) is 49.4 Å². The van der Waals surface area contributed by atoms with Crippen molar-refractivity contribution in [2.24, 2.45) is 5.10 Å². The first-order chi connectivity index (χ1) is 10.6. The molecule has 1 heterocycles. The molecule has 22 heavy (non-hydrogen) atoms. The SMILES string of the molecule is Cc1cc(N/N=C/c2ccccc2Cl)c2cccc(C)c2n1. The summed E-state index contributed by atoms with van der Waals surface area (Å²) in [4.78, 5) is 4.60. The molecule has 110 valence electrons. The lowest BCUT2D eigenvalue weighted by Gasteiger charge is -2.09. The van der Waals surface area contributed by atoms with Crippen molar-refractivity contribution in [2.45, 2.75) is 13.8 Å². The van der Waals surface area contributed by atoms with Crippen molar-refractivity contribution in [1.29, 1.82) is 0 Å². The highest BCUT2D eigenvalue weighted by Gasteiger charge is 2.05. The Bertz CT molecular complexity index is 856. The predicted octanol–water partition coefficient (Wildman–Crippen LogP) is 4.95. The van der Waals surface area contributed by atoms with Crippen LogP contribution in [-0.2, 0) is 0 Å². The number of halogens is 1. The van der Waals surface area contributed by atoms with E-state index in [2.05, 4.69) is 28.5 Å². The number of pyridine rings is 1. The third-order valence-corrected chi connectivity index (χ3v) is 3.81. The van der Waals surface area contributed by atoms with E-state index in [4.69, 9.17) is 11.6 Å². The average Bonchev–Trinajstić information content (AvgIpc) is 2.50. The average molecular weight is 310 g/mol. The summed E-state index contributed by atoms with van der Waals surface area (Å²) >= 11 is 6.12. The van der Waals surface area contributed by atoms with Crippen molar-refractivity contribution < 1.29 is 0 Å². The number of hydrazone groups is 1. The summed E-state index contributed by atoms with van der Waals surface area (Å²) in [5.41, 5.74) is 8.03. The summed E-state index contributed by atoms with van der Waals surface area (Å²) in [6.07, 6.45) is 1.72. The van der Waals surface area contributed by atoms with Gasteiger partial charge >= 0.3 is 0 Å². The Morgan fingerprint density at radius 1 is 1.09 bits per heavy atom. The van der Waals surface area contributed by atoms with Gasteiger partial charge in [0.1, 0.15) is 0 Å². The van der Waals surface area contributed by atoms with Crippen molar-refractivity contribution >= 4 is 34.4 Å². The second-order valence-electron chi connectivity index (χ2n) is 5.17. The summed E-state index contributed by atoms with van der Waals surface area (Å²) < 4.78 is 0. The number of fused-ring (bicyclic) bond motifs is 1. The van der Waals surface area contributed by atoms with Crippen LogP contribution in [0.15, 0.2) is 53.6 Å². The molecule has 0 radical (unpaired) electrons. The number of nitrogens with zero attached hydrogens (tertiary/aromatic N) is 2. The van der Waals surface area contributed by atoms with Crippen LogP contribution in [0.1, 0.15) is 16.8 Å². The normalized spacial score (nSPS) is 11.2. The molecule has 0 aliphatic rings. The Kier molecular flexibility index (Phi) is 4.07. The monoisotopic (exact) mass is 309 g/mol. The molecular weight excluding hydrogens is 294 g/mol. The minimum Gasteiger partial charge on any atom is -0.278 e. The fourth-order valence-electron chi connectivity index (χ4n) is 2.36. The van der Waals surface area contributed by atoms with Crippen LogP contribution in [0, 0.1) is 13.8 Å². The van der Waals surface area contributed by atoms with Gasteiger partial charge in [0.05, 0.1) is 17.4 Å². The molecule has 0 unspecified atom stereocenters. The Morgan fingerprint density at radius 2 is 1.91 bits per heavy atom. The van der Waals surface area contributed by atoms with Crippen molar-refractivity contribution in [2.75, 3.05) is 5.43 Å². The summed E-state index contributed by atoms with van der Waals surface area (Å²) in [5, 5.41) is 6.04. The lowest BCUT2D eigenvalue weighted by molar-refractivity contribution is 1.23. The van der Waals surface area contributed by atoms with Gasteiger partial charge in [0.2, 0.25) is 0 Å². The molecule has 0 atom stereocenters. The molecule has 1 N–H and O–H groups in total. The number of anilines is 1. The van der Waals surface area contributed by atoms with Gasteiger partial charge in [-0.1, -0.05) is 48.0 Å². The molecule has 0 fully saturated rings. The van der Waals surface area contributed by atoms with E-state index in [1.54, 1.807) is 6.21 Å². The van der Waals surface area contributed by atoms with E-state index in [-0.39, 0.29) is 0 Å². The number of benzene rings is 2. The first-order valence-corrected chi connectivity index (χ1v) is 7.43. The van der Waals surface area contributed by atoms with Crippen molar-refractivity contribution in [3.8, 4) is 0 Å². The summed E-state index contributed by atoms with van der Waals surface area (Å²) in [5.74, 6) is 0. The van der Waals surface area contributed by atoms with Crippen LogP contribution in [0.3, 0.4) is 0 Å². The van der Waals surface area contributed by atoms with E-state index in [0.29, 0.717) is 5.02 Å². The number of aromatic nitrogens is 1. The topological polar surface area (TPSA) is 37.3 Å². The van der Waals surface area contributed by atoms with Gasteiger partial charge < -0.3 is 0 Å². The van der Waals surface area contributed by atoms with Gasteiger partial charge in [0.15, 0.2) is 0 Å². The molecule has 0 spiro atoms. The molecule has 0 aliphatic carbocycles. The molecule has 0 saturated carbocycles. The van der Waals surface area contributed by atoms with E-state index in [0.717, 1.165) is 33.4 Å². The van der Waals surface area contributed by atoms with Crippen LogP contribution in [0.4, 0.5) is 5.69 Å². The van der Waals surface area contributed by atoms with Crippen LogP contribution < -0.4 is 5.43 Å². The lowest BCUT2D eigenvalue weighted by atomic mass is 10.1. The van der Waals surface area contributed by atoms with Crippen molar-refractivity contribution in [3.05, 3.63) is 70.4 Å². The second-order valence-corrected chi connectivity index (χ2v) is 5.58. The number of rotatable bonds is 3. The smallest absolute Gasteiger partial charge is 0.0755 e. The van der Waals surface area contributed by atoms with Gasteiger partial charge in [-0.15, -0.1) is 0 Å². The Morgan fingerprint density at radius 3 is 2.73 bits per heavy atom. The van der Waals surface area contributed by atoms with Crippen LogP contribution in [0.25, 0.3) is 10.9 Å². The maximum atomic E-state index is 6.12. The molecule has 4 heteroatoms. The standard InChI is InChI=1S/C18H16ClN3/c1-12-6-5-8-15-17(10-13(2)21-18(12)15)22-20-11-14-7-3-4-9-16(14)19/h3-11H,1-2H3,(H,21,22)/b20-11+. The van der Waals surface area contributed by atoms with Gasteiger partial charge in [-0.25, -0.2) is 0 Å². The molecule has 0 saturated heterocycles. The van der Waals surface area contributed by atoms with Gasteiger partial charge in [-0.05, 0) is 31.5 Å². The Balaban J connectivity index is 1.94. The highest BCUT2D eigenvalue weighted by Crippen LogP contribution is 2.25. The van der Waals surface area contributed by atoms with E-state index in [9.17, 15) is 0 Å². The van der Waals surface area contributed by atoms with Crippen molar-refractivity contribution in [1.82, 2.24) is 4.98 Å². The second kappa shape index (κ2) is 6.16. The zero-order chi connectivity index (χ0) is 15.5. The van der Waals surface area contributed by atoms with Gasteiger partial charge in [-0.2, -0.15) is 5.10 Å². The predicted molar refractivity (Wildman–Crippen MR) is 93.9 cm³/mol. The summed E-state index contributed by atoms with van der Waals surface area (Å²) in [6, 6.07) is 15.7. The zero-order valence-corrected chi connectivity index (χ0v) is 13.2. The van der Waals surface area contributed by atoms with E-state index in [1.165, 1.54) is 0 Å². The first kappa shape index (κ1) is 14.5. The number of aryl methyl sites for hydroxylation is 2. The molecule has 0 bridgehead atoms. The number of hydrogen-bond acceptors (Lipinski definition) is 3. The highest BCUT2D eigenvalue weighted by atomic mass is 35.5. The zero-order valence-electron chi connectivity index (χ0n) is 12.5. The van der Waals surface area contributed by atoms with E-state index < -0.39 is 0 Å². The van der Waals surface area contributed by atoms with Crippen LogP contribution in [0.5, 0.6) is 0 Å². The fourth-order valence-corrected chi connectivity index (χ4v) is 2.55. The lowest BCUT2D eigenvalue weighted by Crippen LogP contribution is -1.96. The molecule has 3 rings (SSSR count). The molecular formula is C18H16ClN3. The summed E-state index contributed by atoms with van der Waals surface area (Å²) in [7, 11) is 0. The van der Waals surface area contributed by atoms with Crippen LogP contribution >= 0.6 is 11.6 Å². The van der Waals surface area contributed by atoms with E-state index >= 15 is 0 Å². The molecule has 3 aromatic rings. The maximum absolute atomic E-state index is 6.12. The van der Waals surface area contributed by atoms with Gasteiger partial charge in [-0.3, -0.25) is 10.4 Å². The van der Waals surface area contributed by atoms with Gasteiger partial charge in [0, 0.05) is 21.7 Å².